The highest BCUT2D eigenvalue weighted by Crippen LogP contribution is 2.11. The summed E-state index contributed by atoms with van der Waals surface area (Å²) >= 11 is 0. The molecule has 1 rings (SSSR count). The van der Waals surface area contributed by atoms with Crippen LogP contribution in [0.1, 0.15) is 25.5 Å². The normalized spacial score (nSPS) is 13.4. The first kappa shape index (κ1) is 15.0. The maximum atomic E-state index is 11.9. The third-order valence-corrected chi connectivity index (χ3v) is 2.96. The van der Waals surface area contributed by atoms with Crippen LogP contribution in [0.2, 0.25) is 0 Å². The van der Waals surface area contributed by atoms with Gasteiger partial charge in [-0.1, -0.05) is 37.3 Å². The molecule has 0 heterocycles. The van der Waals surface area contributed by atoms with E-state index in [9.17, 15) is 9.59 Å². The second kappa shape index (κ2) is 6.78. The van der Waals surface area contributed by atoms with Crippen molar-refractivity contribution in [3.63, 3.8) is 0 Å². The van der Waals surface area contributed by atoms with Gasteiger partial charge in [-0.05, 0) is 12.5 Å². The lowest BCUT2D eigenvalue weighted by Gasteiger charge is -2.23. The van der Waals surface area contributed by atoms with Gasteiger partial charge in [0.2, 0.25) is 0 Å². The number of carboxylic acids is 1. The van der Waals surface area contributed by atoms with E-state index in [2.05, 4.69) is 5.32 Å². The molecule has 1 aromatic carbocycles. The summed E-state index contributed by atoms with van der Waals surface area (Å²) in [4.78, 5) is 24.0. The van der Waals surface area contributed by atoms with Gasteiger partial charge in [0, 0.05) is 13.6 Å². The molecule has 1 aromatic rings. The molecule has 19 heavy (non-hydrogen) atoms. The lowest BCUT2D eigenvalue weighted by atomic mass is 10.1. The SMILES string of the molecule is CC(CN(C)C(=O)N[C@H](C)c1ccccc1)C(=O)O. The first-order chi connectivity index (χ1) is 8.91. The molecule has 0 aliphatic carbocycles. The molecule has 5 heteroatoms. The largest absolute Gasteiger partial charge is 0.481 e. The van der Waals surface area contributed by atoms with Gasteiger partial charge < -0.3 is 15.3 Å². The molecular weight excluding hydrogens is 244 g/mol. The Morgan fingerprint density at radius 2 is 1.84 bits per heavy atom. The highest BCUT2D eigenvalue weighted by Gasteiger charge is 2.18. The lowest BCUT2D eigenvalue weighted by molar-refractivity contribution is -0.141. The van der Waals surface area contributed by atoms with Gasteiger partial charge in [-0.15, -0.1) is 0 Å². The van der Waals surface area contributed by atoms with Crippen LogP contribution in [0, 0.1) is 5.92 Å². The van der Waals surface area contributed by atoms with E-state index in [1.54, 1.807) is 14.0 Å². The van der Waals surface area contributed by atoms with Crippen LogP contribution in [0.25, 0.3) is 0 Å². The number of hydrogen-bond acceptors (Lipinski definition) is 2. The molecule has 0 aromatic heterocycles. The van der Waals surface area contributed by atoms with Crippen molar-refractivity contribution in [1.82, 2.24) is 10.2 Å². The summed E-state index contributed by atoms with van der Waals surface area (Å²) in [5.74, 6) is -1.49. The molecule has 0 saturated carbocycles. The van der Waals surface area contributed by atoms with E-state index in [1.807, 2.05) is 37.3 Å². The molecule has 2 N–H and O–H groups in total. The van der Waals surface area contributed by atoms with E-state index < -0.39 is 11.9 Å². The zero-order valence-electron chi connectivity index (χ0n) is 11.5. The van der Waals surface area contributed by atoms with Crippen LogP contribution in [0.4, 0.5) is 4.79 Å². The van der Waals surface area contributed by atoms with Gasteiger partial charge in [-0.2, -0.15) is 0 Å². The topological polar surface area (TPSA) is 69.6 Å². The Balaban J connectivity index is 2.53. The minimum Gasteiger partial charge on any atom is -0.481 e. The number of urea groups is 1. The van der Waals surface area contributed by atoms with Crippen LogP contribution >= 0.6 is 0 Å². The van der Waals surface area contributed by atoms with Crippen LogP contribution in [0.3, 0.4) is 0 Å². The maximum Gasteiger partial charge on any atom is 0.317 e. The Hall–Kier alpha value is -2.04. The summed E-state index contributed by atoms with van der Waals surface area (Å²) in [5.41, 5.74) is 1.01. The molecule has 1 unspecified atom stereocenters. The number of nitrogens with one attached hydrogen (secondary N) is 1. The fourth-order valence-corrected chi connectivity index (χ4v) is 1.69. The fourth-order valence-electron chi connectivity index (χ4n) is 1.69. The zero-order chi connectivity index (χ0) is 14.4. The second-order valence-electron chi connectivity index (χ2n) is 4.70. The molecule has 0 bridgehead atoms. The van der Waals surface area contributed by atoms with Crippen LogP contribution < -0.4 is 5.32 Å². The number of carboxylic acid groups (broad SMARTS) is 1. The van der Waals surface area contributed by atoms with Crippen molar-refractivity contribution in [3.05, 3.63) is 35.9 Å². The van der Waals surface area contributed by atoms with Crippen LogP contribution in [0.5, 0.6) is 0 Å². The van der Waals surface area contributed by atoms with E-state index >= 15 is 0 Å². The number of rotatable bonds is 5. The molecule has 2 amide bonds. The summed E-state index contributed by atoms with van der Waals surface area (Å²) < 4.78 is 0. The molecule has 0 aliphatic heterocycles. The van der Waals surface area contributed by atoms with Crippen LogP contribution in [-0.2, 0) is 4.79 Å². The van der Waals surface area contributed by atoms with E-state index in [-0.39, 0.29) is 18.6 Å². The minimum absolute atomic E-state index is 0.115. The lowest BCUT2D eigenvalue weighted by Crippen LogP contribution is -2.41. The molecule has 0 aliphatic rings. The van der Waals surface area contributed by atoms with E-state index in [1.165, 1.54) is 4.90 Å². The van der Waals surface area contributed by atoms with Crippen LogP contribution in [0.15, 0.2) is 30.3 Å². The highest BCUT2D eigenvalue weighted by molar-refractivity contribution is 5.76. The molecule has 2 atom stereocenters. The van der Waals surface area contributed by atoms with Crippen molar-refractivity contribution in [2.24, 2.45) is 5.92 Å². The zero-order valence-corrected chi connectivity index (χ0v) is 11.5. The van der Waals surface area contributed by atoms with Gasteiger partial charge in [-0.25, -0.2) is 4.79 Å². The third-order valence-electron chi connectivity index (χ3n) is 2.96. The summed E-state index contributed by atoms with van der Waals surface area (Å²) in [6.45, 7) is 3.65. The number of amides is 2. The van der Waals surface area contributed by atoms with Gasteiger partial charge in [0.1, 0.15) is 0 Å². The van der Waals surface area contributed by atoms with E-state index in [4.69, 9.17) is 5.11 Å². The smallest absolute Gasteiger partial charge is 0.317 e. The van der Waals surface area contributed by atoms with Gasteiger partial charge in [-0.3, -0.25) is 4.79 Å². The van der Waals surface area contributed by atoms with Crippen LogP contribution in [-0.4, -0.2) is 35.6 Å². The number of nitrogens with zero attached hydrogens (tertiary/aromatic N) is 1. The third kappa shape index (κ3) is 4.62. The molecule has 0 spiro atoms. The first-order valence-corrected chi connectivity index (χ1v) is 6.21. The second-order valence-corrected chi connectivity index (χ2v) is 4.70. The average molecular weight is 264 g/mol. The fraction of sp³-hybridized carbons (Fsp3) is 0.429. The Kier molecular flexibility index (Phi) is 5.36. The molecule has 0 radical (unpaired) electrons. The van der Waals surface area contributed by atoms with Crippen molar-refractivity contribution in [3.8, 4) is 0 Å². The van der Waals surface area contributed by atoms with Gasteiger partial charge >= 0.3 is 12.0 Å². The van der Waals surface area contributed by atoms with Crippen molar-refractivity contribution < 1.29 is 14.7 Å². The Morgan fingerprint density at radius 1 is 1.26 bits per heavy atom. The number of hydrogen-bond donors (Lipinski definition) is 2. The number of carbonyl (C=O) groups is 2. The van der Waals surface area contributed by atoms with E-state index in [0.29, 0.717) is 0 Å². The number of benzene rings is 1. The summed E-state index contributed by atoms with van der Waals surface area (Å²) in [7, 11) is 1.59. The molecule has 0 fully saturated rings. The van der Waals surface area contributed by atoms with Gasteiger partial charge in [0.15, 0.2) is 0 Å². The Bertz CT molecular complexity index is 434. The number of carbonyl (C=O) groups excluding carboxylic acids is 1. The Labute approximate surface area is 113 Å². The van der Waals surface area contributed by atoms with Gasteiger partial charge in [0.25, 0.3) is 0 Å². The maximum absolute atomic E-state index is 11.9. The van der Waals surface area contributed by atoms with E-state index in [0.717, 1.165) is 5.56 Å². The summed E-state index contributed by atoms with van der Waals surface area (Å²) in [6.07, 6.45) is 0. The number of aliphatic carboxylic acids is 1. The average Bonchev–Trinajstić information content (AvgIpc) is 2.39. The quantitative estimate of drug-likeness (QED) is 0.855. The molecular formula is C14H20N2O3. The summed E-state index contributed by atoms with van der Waals surface area (Å²) in [6, 6.07) is 9.22. The first-order valence-electron chi connectivity index (χ1n) is 6.21. The van der Waals surface area contributed by atoms with Crippen molar-refractivity contribution >= 4 is 12.0 Å². The van der Waals surface area contributed by atoms with Gasteiger partial charge in [0.05, 0.1) is 12.0 Å². The molecule has 104 valence electrons. The summed E-state index contributed by atoms with van der Waals surface area (Å²) in [5, 5.41) is 11.6. The molecule has 5 nitrogen and oxygen atoms in total. The predicted octanol–water partition coefficient (Wildman–Crippen LogP) is 2.11. The molecule has 0 saturated heterocycles. The monoisotopic (exact) mass is 264 g/mol. The predicted molar refractivity (Wildman–Crippen MR) is 72.8 cm³/mol. The standard InChI is InChI=1S/C14H20N2O3/c1-10(13(17)18)9-16(3)14(19)15-11(2)12-7-5-4-6-8-12/h4-8,10-11H,9H2,1-3H3,(H,15,19)(H,17,18)/t10?,11-/m1/s1. The Morgan fingerprint density at radius 3 is 2.37 bits per heavy atom. The van der Waals surface area contributed by atoms with Crippen molar-refractivity contribution in [2.75, 3.05) is 13.6 Å². The van der Waals surface area contributed by atoms with Crippen molar-refractivity contribution in [1.29, 1.82) is 0 Å². The minimum atomic E-state index is -0.907. The highest BCUT2D eigenvalue weighted by atomic mass is 16.4. The van der Waals surface area contributed by atoms with Crippen molar-refractivity contribution in [2.45, 2.75) is 19.9 Å².